The lowest BCUT2D eigenvalue weighted by atomic mass is 10.2. The van der Waals surface area contributed by atoms with Gasteiger partial charge >= 0.3 is 0 Å². The van der Waals surface area contributed by atoms with Gasteiger partial charge in [-0.15, -0.1) is 0 Å². The Morgan fingerprint density at radius 3 is 2.04 bits per heavy atom. The van der Waals surface area contributed by atoms with Crippen LogP contribution in [0.3, 0.4) is 0 Å². The number of hydrogen-bond acceptors (Lipinski definition) is 4. The van der Waals surface area contributed by atoms with Crippen molar-refractivity contribution >= 4 is 55.6 Å². The van der Waals surface area contributed by atoms with E-state index in [9.17, 15) is 23.7 Å². The van der Waals surface area contributed by atoms with Crippen molar-refractivity contribution in [2.45, 2.75) is 0 Å². The summed E-state index contributed by atoms with van der Waals surface area (Å²) in [7, 11) is 0. The van der Waals surface area contributed by atoms with Gasteiger partial charge < -0.3 is 5.73 Å². The Kier molecular flexibility index (Phi) is 7.66. The van der Waals surface area contributed by atoms with Crippen molar-refractivity contribution in [1.29, 1.82) is 0 Å². The minimum Gasteiger partial charge on any atom is -0.398 e. The summed E-state index contributed by atoms with van der Waals surface area (Å²) >= 11 is 6.27. The number of nitro groups is 1. The highest BCUT2D eigenvalue weighted by Gasteiger charge is 2.16. The van der Waals surface area contributed by atoms with Gasteiger partial charge in [-0.1, -0.05) is 12.1 Å². The molecule has 0 amide bonds. The van der Waals surface area contributed by atoms with E-state index in [1.165, 1.54) is 12.1 Å². The number of nitro benzene ring substituents is 1. The topological polar surface area (TPSA) is 86.2 Å². The summed E-state index contributed by atoms with van der Waals surface area (Å²) in [5, 5.41) is 10.2. The second-order valence-corrected chi connectivity index (χ2v) is 7.00. The van der Waals surface area contributed by atoms with Gasteiger partial charge in [-0.25, -0.2) is 8.78 Å². The van der Waals surface area contributed by atoms with E-state index < -0.39 is 22.0 Å². The number of halogens is 4. The van der Waals surface area contributed by atoms with Crippen LogP contribution in [-0.2, 0) is 0 Å². The fourth-order valence-electron chi connectivity index (χ4n) is 1.62. The van der Waals surface area contributed by atoms with Crippen molar-refractivity contribution in [2.24, 2.45) is 0 Å². The van der Waals surface area contributed by atoms with Crippen LogP contribution in [0.25, 0.3) is 6.08 Å². The molecule has 0 heterocycles. The largest absolute Gasteiger partial charge is 0.398 e. The van der Waals surface area contributed by atoms with Gasteiger partial charge in [0.05, 0.1) is 8.31 Å². The number of carbonyl (C=O) groups is 1. The van der Waals surface area contributed by atoms with Gasteiger partial charge in [0.2, 0.25) is 0 Å². The van der Waals surface area contributed by atoms with Crippen LogP contribution >= 0.6 is 31.9 Å². The summed E-state index contributed by atoms with van der Waals surface area (Å²) < 4.78 is 26.4. The third-order valence-electron chi connectivity index (χ3n) is 2.68. The van der Waals surface area contributed by atoms with Crippen LogP contribution in [-0.4, -0.2) is 11.2 Å². The second-order valence-electron chi connectivity index (χ2n) is 4.22. The molecule has 0 aliphatic heterocycles. The summed E-state index contributed by atoms with van der Waals surface area (Å²) in [5.74, 6) is -1.20. The zero-order valence-corrected chi connectivity index (χ0v) is 15.1. The normalized spacial score (nSPS) is 9.50. The molecule has 2 rings (SSSR count). The van der Waals surface area contributed by atoms with Crippen LogP contribution in [0.2, 0.25) is 0 Å². The van der Waals surface area contributed by atoms with E-state index in [1.807, 2.05) is 0 Å². The lowest BCUT2D eigenvalue weighted by molar-refractivity contribution is -0.385. The van der Waals surface area contributed by atoms with Crippen LogP contribution in [0.1, 0.15) is 15.9 Å². The molecule has 0 saturated carbocycles. The average molecular weight is 464 g/mol. The van der Waals surface area contributed by atoms with Crippen molar-refractivity contribution in [3.63, 3.8) is 0 Å². The number of anilines is 1. The van der Waals surface area contributed by atoms with E-state index in [4.69, 9.17) is 5.73 Å². The Morgan fingerprint density at radius 1 is 1.08 bits per heavy atom. The van der Waals surface area contributed by atoms with E-state index in [0.717, 1.165) is 12.1 Å². The first-order valence-corrected chi connectivity index (χ1v) is 7.81. The first kappa shape index (κ1) is 19.9. The van der Waals surface area contributed by atoms with E-state index in [0.29, 0.717) is 14.6 Å². The molecule has 2 aromatic rings. The van der Waals surface area contributed by atoms with Gasteiger partial charge in [-0.05, 0) is 56.1 Å². The molecule has 0 radical (unpaired) electrons. The number of rotatable bonds is 3. The summed E-state index contributed by atoms with van der Waals surface area (Å²) in [6.45, 7) is 0. The van der Waals surface area contributed by atoms with Gasteiger partial charge in [0.15, 0.2) is 6.29 Å². The minimum atomic E-state index is -0.876. The fourth-order valence-corrected chi connectivity index (χ4v) is 2.07. The average Bonchev–Trinajstić information content (AvgIpc) is 2.51. The van der Waals surface area contributed by atoms with E-state index >= 15 is 0 Å². The van der Waals surface area contributed by atoms with Gasteiger partial charge in [0, 0.05) is 17.3 Å². The third kappa shape index (κ3) is 5.50. The minimum absolute atomic E-state index is 0.132. The molecule has 5 nitrogen and oxygen atoms in total. The molecule has 0 fully saturated rings. The number of hydrogen-bond donors (Lipinski definition) is 1. The number of nitrogens with zero attached hydrogens (tertiary/aromatic N) is 1. The first-order chi connectivity index (χ1) is 11.3. The zero-order chi connectivity index (χ0) is 18.3. The first-order valence-electron chi connectivity index (χ1n) is 6.22. The Morgan fingerprint density at radius 2 is 1.62 bits per heavy atom. The molecule has 2 aromatic carbocycles. The molecule has 24 heavy (non-hydrogen) atoms. The molecule has 0 aromatic heterocycles. The van der Waals surface area contributed by atoms with Crippen molar-refractivity contribution in [3.05, 3.63) is 72.7 Å². The highest BCUT2D eigenvalue weighted by Crippen LogP contribution is 2.24. The van der Waals surface area contributed by atoms with Crippen molar-refractivity contribution in [2.75, 3.05) is 5.73 Å². The second kappa shape index (κ2) is 9.24. The predicted molar refractivity (Wildman–Crippen MR) is 95.1 cm³/mol. The Balaban J connectivity index is 0.000000240. The smallest absolute Gasteiger partial charge is 0.282 e. The lowest BCUT2D eigenvalue weighted by Gasteiger charge is -2.00. The van der Waals surface area contributed by atoms with Gasteiger partial charge in [0.25, 0.3) is 5.69 Å². The van der Waals surface area contributed by atoms with Crippen molar-refractivity contribution in [3.8, 4) is 0 Å². The van der Waals surface area contributed by atoms with Crippen molar-refractivity contribution < 1.29 is 18.5 Å². The lowest BCUT2D eigenvalue weighted by Crippen LogP contribution is -1.96. The molecule has 0 atom stereocenters. The highest BCUT2D eigenvalue weighted by molar-refractivity contribution is 9.28. The fraction of sp³-hybridized carbons (Fsp3) is 0. The van der Waals surface area contributed by atoms with Crippen LogP contribution < -0.4 is 5.73 Å². The Hall–Kier alpha value is -2.13. The van der Waals surface area contributed by atoms with Gasteiger partial charge in [-0.2, -0.15) is 0 Å². The van der Waals surface area contributed by atoms with Gasteiger partial charge in [-0.3, -0.25) is 14.9 Å². The maximum absolute atomic E-state index is 13.0. The van der Waals surface area contributed by atoms with Crippen LogP contribution in [0.5, 0.6) is 0 Å². The molecule has 126 valence electrons. The molecule has 9 heteroatoms. The van der Waals surface area contributed by atoms with Crippen molar-refractivity contribution in [1.82, 2.24) is 0 Å². The molecule has 0 aliphatic carbocycles. The molecular weight excluding hydrogens is 454 g/mol. The highest BCUT2D eigenvalue weighted by atomic mass is 79.9. The molecular formula is C15H10Br2F2N2O3. The third-order valence-corrected chi connectivity index (χ3v) is 3.14. The summed E-state index contributed by atoms with van der Waals surface area (Å²) in [4.78, 5) is 19.6. The summed E-state index contributed by atoms with van der Waals surface area (Å²) in [5.41, 5.74) is 5.34. The molecule has 2 N–H and O–H groups in total. The molecule has 0 aliphatic rings. The summed E-state index contributed by atoms with van der Waals surface area (Å²) in [6, 6.07) is 7.84. The molecule has 0 bridgehead atoms. The maximum atomic E-state index is 13.0. The number of nitrogens with two attached hydrogens (primary N) is 1. The van der Waals surface area contributed by atoms with E-state index in [2.05, 4.69) is 31.9 Å². The number of aldehydes is 1. The molecule has 0 unspecified atom stereocenters. The standard InChI is InChI=1S/C8H6Br2FN.C7H4FNO3/c9-8(10)4-5-6(11)2-1-3-7(5)12;8-6-2-1-3-7(9(11)12)5(6)4-10/h1-4H,12H2;1-4H. The van der Waals surface area contributed by atoms with Crippen LogP contribution in [0.15, 0.2) is 39.8 Å². The SMILES string of the molecule is Nc1cccc(F)c1C=C(Br)Br.O=Cc1c(F)cccc1[N+](=O)[O-]. The summed E-state index contributed by atoms with van der Waals surface area (Å²) in [6.07, 6.45) is 1.71. The van der Waals surface area contributed by atoms with Crippen LogP contribution in [0.4, 0.5) is 20.2 Å². The number of carbonyl (C=O) groups excluding carboxylic acids is 1. The Bertz CT molecular complexity index is 774. The van der Waals surface area contributed by atoms with E-state index in [-0.39, 0.29) is 12.1 Å². The quantitative estimate of drug-likeness (QED) is 0.299. The monoisotopic (exact) mass is 462 g/mol. The zero-order valence-electron chi connectivity index (χ0n) is 11.9. The van der Waals surface area contributed by atoms with Gasteiger partial charge in [0.1, 0.15) is 17.2 Å². The Labute approximate surface area is 152 Å². The molecule has 0 saturated heterocycles. The maximum Gasteiger partial charge on any atom is 0.282 e. The van der Waals surface area contributed by atoms with Crippen LogP contribution in [0, 0.1) is 21.7 Å². The predicted octanol–water partition coefficient (Wildman–Crippen LogP) is 5.04. The molecule has 0 spiro atoms. The number of benzene rings is 2. The number of nitrogen functional groups attached to an aromatic ring is 1. The van der Waals surface area contributed by atoms with E-state index in [1.54, 1.807) is 18.2 Å².